The standard InChI is InChI=1S/C64H107N3O13/c1-59(2,3)78-56(72)65(45-48-68)62(10,11)42-34-25-19-16-22-31-39-53(69)75-49-46-66(57(73)79-60(4,5)6)63(12,13)43-35-26-20-17-23-32-40-54(70)76-50-47-67(58(74)80-61(7,8)9)64(14,15)44-36-27-21-18-24-33-41-55(71)77-51-52-37-29-28-30-38-52/h16-21,28-30,37-38,68H,22-27,31-36,39-51H2,1-15H3/b19-16-,20-17-,21-18-. The fourth-order valence-electron chi connectivity index (χ4n) is 8.59. The highest BCUT2D eigenvalue weighted by atomic mass is 16.6. The van der Waals surface area contributed by atoms with Crippen LogP contribution in [-0.4, -0.2) is 129 Å². The zero-order valence-electron chi connectivity index (χ0n) is 52.2. The monoisotopic (exact) mass is 1130 g/mol. The number of carbonyl (C=O) groups is 6. The Morgan fingerprint density at radius 1 is 0.412 bits per heavy atom. The highest BCUT2D eigenvalue weighted by Gasteiger charge is 2.36. The molecule has 80 heavy (non-hydrogen) atoms. The summed E-state index contributed by atoms with van der Waals surface area (Å²) in [4.78, 5) is 82.1. The summed E-state index contributed by atoms with van der Waals surface area (Å²) >= 11 is 0. The Bertz CT molecular complexity index is 2060. The molecule has 0 heterocycles. The number of aliphatic hydroxyl groups excluding tert-OH is 1. The number of esters is 3. The van der Waals surface area contributed by atoms with Crippen molar-refractivity contribution in [3.63, 3.8) is 0 Å². The van der Waals surface area contributed by atoms with E-state index in [9.17, 15) is 33.9 Å². The van der Waals surface area contributed by atoms with E-state index >= 15 is 0 Å². The normalized spacial score (nSPS) is 12.7. The zero-order valence-corrected chi connectivity index (χ0v) is 52.2. The molecule has 16 heteroatoms. The number of hydrogen-bond donors (Lipinski definition) is 1. The van der Waals surface area contributed by atoms with E-state index in [1.54, 1.807) is 14.7 Å². The zero-order chi connectivity index (χ0) is 60.5. The van der Waals surface area contributed by atoms with E-state index in [4.69, 9.17) is 28.4 Å². The van der Waals surface area contributed by atoms with E-state index in [0.29, 0.717) is 51.4 Å². The van der Waals surface area contributed by atoms with Crippen molar-refractivity contribution in [1.29, 1.82) is 0 Å². The molecule has 0 saturated carbocycles. The maximum atomic E-state index is 13.5. The Balaban J connectivity index is 2.53. The van der Waals surface area contributed by atoms with Crippen LogP contribution in [-0.2, 0) is 49.4 Å². The van der Waals surface area contributed by atoms with E-state index < -0.39 is 51.7 Å². The third-order valence-electron chi connectivity index (χ3n) is 13.0. The van der Waals surface area contributed by atoms with Gasteiger partial charge in [0.25, 0.3) is 0 Å². The van der Waals surface area contributed by atoms with Crippen molar-refractivity contribution in [2.24, 2.45) is 0 Å². The molecule has 0 spiro atoms. The lowest BCUT2D eigenvalue weighted by molar-refractivity contribution is -0.145. The smallest absolute Gasteiger partial charge is 0.410 e. The first-order chi connectivity index (χ1) is 37.3. The fourth-order valence-corrected chi connectivity index (χ4v) is 8.59. The van der Waals surface area contributed by atoms with Gasteiger partial charge in [-0.15, -0.1) is 0 Å². The predicted octanol–water partition coefficient (Wildman–Crippen LogP) is 14.5. The van der Waals surface area contributed by atoms with Gasteiger partial charge < -0.3 is 38.4 Å². The summed E-state index contributed by atoms with van der Waals surface area (Å²) in [6, 6.07) is 9.62. The van der Waals surface area contributed by atoms with Crippen LogP contribution < -0.4 is 0 Å². The quantitative estimate of drug-likeness (QED) is 0.0287. The SMILES string of the molecule is CC(C)(C)OC(=O)N(CCO)C(C)(C)CCC/C=C\CCCC(=O)OCCN(C(=O)OC(C)(C)C)C(C)(C)CCC/C=C\CCCC(=O)OCCN(C(=O)OC(C)(C)C)C(C)(C)CCC/C=C\CCCC(=O)OCc1ccccc1. The number of aliphatic hydroxyl groups is 1. The van der Waals surface area contributed by atoms with Crippen molar-refractivity contribution >= 4 is 36.2 Å². The van der Waals surface area contributed by atoms with Crippen LogP contribution in [0.5, 0.6) is 0 Å². The number of rotatable bonds is 37. The number of carbonyl (C=O) groups excluding carboxylic acids is 6. The number of unbranched alkanes of at least 4 members (excludes halogenated alkanes) is 6. The Hall–Kier alpha value is -5.38. The number of nitrogens with zero attached hydrogens (tertiary/aromatic N) is 3. The molecule has 0 radical (unpaired) electrons. The van der Waals surface area contributed by atoms with Crippen molar-refractivity contribution in [3.05, 3.63) is 72.4 Å². The lowest BCUT2D eigenvalue weighted by Crippen LogP contribution is -2.51. The molecule has 0 saturated heterocycles. The summed E-state index contributed by atoms with van der Waals surface area (Å²) in [5, 5.41) is 9.57. The van der Waals surface area contributed by atoms with Gasteiger partial charge in [0.05, 0.1) is 19.7 Å². The van der Waals surface area contributed by atoms with Gasteiger partial charge >= 0.3 is 36.2 Å². The summed E-state index contributed by atoms with van der Waals surface area (Å²) in [6.07, 6.45) is 23.1. The predicted molar refractivity (Wildman–Crippen MR) is 317 cm³/mol. The molecule has 0 unspecified atom stereocenters. The molecule has 0 fully saturated rings. The van der Waals surface area contributed by atoms with Crippen LogP contribution in [0.3, 0.4) is 0 Å². The average Bonchev–Trinajstić information content (AvgIpc) is 3.33. The summed E-state index contributed by atoms with van der Waals surface area (Å²) in [5.41, 5.74) is -2.70. The minimum Gasteiger partial charge on any atom is -0.464 e. The van der Waals surface area contributed by atoms with Crippen molar-refractivity contribution in [2.75, 3.05) is 39.5 Å². The number of benzene rings is 1. The first kappa shape index (κ1) is 72.6. The van der Waals surface area contributed by atoms with E-state index in [1.807, 2.05) is 134 Å². The summed E-state index contributed by atoms with van der Waals surface area (Å²) in [6.45, 7) is 29.2. The van der Waals surface area contributed by atoms with Gasteiger partial charge in [0.2, 0.25) is 0 Å². The molecule has 1 rings (SSSR count). The molecule has 1 aromatic rings. The minimum atomic E-state index is -0.704. The van der Waals surface area contributed by atoms with Crippen molar-refractivity contribution in [2.45, 2.75) is 259 Å². The van der Waals surface area contributed by atoms with Crippen LogP contribution in [0.25, 0.3) is 0 Å². The second kappa shape index (κ2) is 36.9. The van der Waals surface area contributed by atoms with Gasteiger partial charge in [0.15, 0.2) is 0 Å². The Morgan fingerprint density at radius 2 is 0.700 bits per heavy atom. The van der Waals surface area contributed by atoms with Crippen LogP contribution >= 0.6 is 0 Å². The van der Waals surface area contributed by atoms with Gasteiger partial charge in [-0.1, -0.05) is 66.8 Å². The topological polar surface area (TPSA) is 188 Å². The molecule has 0 atom stereocenters. The van der Waals surface area contributed by atoms with E-state index in [0.717, 1.165) is 56.9 Å². The summed E-state index contributed by atoms with van der Waals surface area (Å²) < 4.78 is 33.6. The van der Waals surface area contributed by atoms with Crippen LogP contribution in [0.4, 0.5) is 14.4 Å². The number of ether oxygens (including phenoxy) is 6. The van der Waals surface area contributed by atoms with Crippen LogP contribution in [0.15, 0.2) is 66.8 Å². The second-order valence-electron chi connectivity index (χ2n) is 25.4. The minimum absolute atomic E-state index is 0.0471. The summed E-state index contributed by atoms with van der Waals surface area (Å²) in [7, 11) is 0. The fraction of sp³-hybridized carbons (Fsp3) is 0.719. The molecule has 0 aliphatic carbocycles. The molecule has 0 aliphatic rings. The van der Waals surface area contributed by atoms with E-state index in [1.165, 1.54) is 0 Å². The molecule has 0 aromatic heterocycles. The van der Waals surface area contributed by atoms with Crippen LogP contribution in [0.1, 0.15) is 225 Å². The van der Waals surface area contributed by atoms with E-state index in [-0.39, 0.29) is 76.8 Å². The molecule has 0 aliphatic heterocycles. The number of allylic oxidation sites excluding steroid dienone is 6. The first-order valence-electron chi connectivity index (χ1n) is 29.4. The van der Waals surface area contributed by atoms with Gasteiger partial charge in [-0.05, 0) is 206 Å². The molecule has 16 nitrogen and oxygen atoms in total. The molecule has 3 amide bonds. The third-order valence-corrected chi connectivity index (χ3v) is 13.0. The maximum Gasteiger partial charge on any atom is 0.410 e. The highest BCUT2D eigenvalue weighted by molar-refractivity contribution is 5.72. The largest absolute Gasteiger partial charge is 0.464 e. The van der Waals surface area contributed by atoms with Crippen molar-refractivity contribution in [1.82, 2.24) is 14.7 Å². The maximum absolute atomic E-state index is 13.5. The molecule has 456 valence electrons. The van der Waals surface area contributed by atoms with Gasteiger partial charge in [0, 0.05) is 42.4 Å². The Labute approximate surface area is 482 Å². The molecule has 1 aromatic carbocycles. The average molecular weight is 1130 g/mol. The van der Waals surface area contributed by atoms with Crippen molar-refractivity contribution in [3.8, 4) is 0 Å². The highest BCUT2D eigenvalue weighted by Crippen LogP contribution is 2.28. The van der Waals surface area contributed by atoms with Gasteiger partial charge in [-0.3, -0.25) is 24.2 Å². The van der Waals surface area contributed by atoms with Gasteiger partial charge in [-0.2, -0.15) is 0 Å². The van der Waals surface area contributed by atoms with Crippen LogP contribution in [0, 0.1) is 0 Å². The second-order valence-corrected chi connectivity index (χ2v) is 25.4. The lowest BCUT2D eigenvalue weighted by Gasteiger charge is -2.39. The van der Waals surface area contributed by atoms with Gasteiger partial charge in [-0.25, -0.2) is 14.4 Å². The van der Waals surface area contributed by atoms with Crippen molar-refractivity contribution < 1.29 is 62.3 Å². The third kappa shape index (κ3) is 34.7. The molecule has 0 bridgehead atoms. The molecular weight excluding hydrogens is 1020 g/mol. The Kier molecular flexibility index (Phi) is 33.5. The Morgan fingerprint density at radius 3 is 1.00 bits per heavy atom. The van der Waals surface area contributed by atoms with Gasteiger partial charge in [0.1, 0.15) is 36.6 Å². The van der Waals surface area contributed by atoms with E-state index in [2.05, 4.69) is 36.5 Å². The molecule has 1 N–H and O–H groups in total. The first-order valence-corrected chi connectivity index (χ1v) is 29.4. The number of amides is 3. The summed E-state index contributed by atoms with van der Waals surface area (Å²) in [5.74, 6) is -0.856. The van der Waals surface area contributed by atoms with Crippen LogP contribution in [0.2, 0.25) is 0 Å². The lowest BCUT2D eigenvalue weighted by atomic mass is 9.95. The number of hydrogen-bond acceptors (Lipinski definition) is 13. The molecular formula is C64H107N3O13. The number of β-amino-alcohol motifs (C(OH)–C–C–N with tert-alkyl or cyclic N) is 1.